The molecule has 5 rings (SSSR count). The summed E-state index contributed by atoms with van der Waals surface area (Å²) in [4.78, 5) is 0. The first-order valence-corrected chi connectivity index (χ1v) is 7.05. The van der Waals surface area contributed by atoms with E-state index in [0.717, 1.165) is 29.1 Å². The maximum atomic E-state index is 3.60. The van der Waals surface area contributed by atoms with Gasteiger partial charge in [0.1, 0.15) is 0 Å². The zero-order chi connectivity index (χ0) is 9.88. The van der Waals surface area contributed by atoms with Gasteiger partial charge in [-0.3, -0.25) is 0 Å². The second kappa shape index (κ2) is 3.00. The Morgan fingerprint density at radius 2 is 1.47 bits per heavy atom. The molecule has 5 aliphatic rings. The van der Waals surface area contributed by atoms with Crippen LogP contribution >= 0.6 is 0 Å². The lowest BCUT2D eigenvalue weighted by Crippen LogP contribution is -2.50. The predicted molar refractivity (Wildman–Crippen MR) is 61.6 cm³/mol. The standard InChI is InChI=1S/C14H23N/c1-2-15-9-13(1)14-6-10-3-11(7-14)5-12(4-10)8-14/h10-13,15H,1-9H2. The van der Waals surface area contributed by atoms with E-state index in [4.69, 9.17) is 0 Å². The molecule has 0 aromatic carbocycles. The maximum absolute atomic E-state index is 3.60. The Labute approximate surface area is 93.0 Å². The minimum atomic E-state index is 0.818. The van der Waals surface area contributed by atoms with Crippen LogP contribution < -0.4 is 5.32 Å². The van der Waals surface area contributed by atoms with Crippen LogP contribution in [-0.4, -0.2) is 13.1 Å². The summed E-state index contributed by atoms with van der Waals surface area (Å²) >= 11 is 0. The second-order valence-electron chi connectivity index (χ2n) is 6.97. The van der Waals surface area contributed by atoms with Crippen molar-refractivity contribution in [3.63, 3.8) is 0 Å². The SMILES string of the molecule is C1CC(C23CC4CC(CC(C4)C2)C3)CN1. The van der Waals surface area contributed by atoms with E-state index in [2.05, 4.69) is 5.32 Å². The molecule has 1 atom stereocenters. The van der Waals surface area contributed by atoms with Crippen LogP contribution in [0, 0.1) is 29.1 Å². The number of hydrogen-bond donors (Lipinski definition) is 1. The predicted octanol–water partition coefficient (Wildman–Crippen LogP) is 2.81. The van der Waals surface area contributed by atoms with E-state index < -0.39 is 0 Å². The highest BCUT2D eigenvalue weighted by molar-refractivity contribution is 5.05. The van der Waals surface area contributed by atoms with E-state index in [-0.39, 0.29) is 0 Å². The molecule has 0 aromatic rings. The van der Waals surface area contributed by atoms with Crippen molar-refractivity contribution in [3.8, 4) is 0 Å². The Balaban J connectivity index is 1.65. The molecule has 1 heterocycles. The molecule has 15 heavy (non-hydrogen) atoms. The first-order valence-electron chi connectivity index (χ1n) is 7.05. The van der Waals surface area contributed by atoms with Gasteiger partial charge in [-0.05, 0) is 87.1 Å². The molecular formula is C14H23N. The molecule has 0 amide bonds. The highest BCUT2D eigenvalue weighted by atomic mass is 14.9. The van der Waals surface area contributed by atoms with Crippen LogP contribution in [0.1, 0.15) is 44.9 Å². The molecule has 0 radical (unpaired) electrons. The van der Waals surface area contributed by atoms with Gasteiger partial charge in [0.25, 0.3) is 0 Å². The second-order valence-corrected chi connectivity index (χ2v) is 6.97. The quantitative estimate of drug-likeness (QED) is 0.694. The molecule has 1 N–H and O–H groups in total. The fourth-order valence-corrected chi connectivity index (χ4v) is 5.85. The van der Waals surface area contributed by atoms with Crippen LogP contribution in [0.2, 0.25) is 0 Å². The summed E-state index contributed by atoms with van der Waals surface area (Å²) < 4.78 is 0. The van der Waals surface area contributed by atoms with Crippen LogP contribution in [0.4, 0.5) is 0 Å². The molecular weight excluding hydrogens is 182 g/mol. The van der Waals surface area contributed by atoms with Crippen LogP contribution in [0.5, 0.6) is 0 Å². The third kappa shape index (κ3) is 1.25. The normalized spacial score (nSPS) is 57.6. The summed E-state index contributed by atoms with van der Waals surface area (Å²) in [5.74, 6) is 4.46. The van der Waals surface area contributed by atoms with E-state index in [0.29, 0.717) is 0 Å². The van der Waals surface area contributed by atoms with Gasteiger partial charge in [-0.2, -0.15) is 0 Å². The van der Waals surface area contributed by atoms with Gasteiger partial charge in [-0.1, -0.05) is 0 Å². The number of hydrogen-bond acceptors (Lipinski definition) is 1. The molecule has 1 heteroatoms. The Morgan fingerprint density at radius 1 is 0.867 bits per heavy atom. The Hall–Kier alpha value is -0.0400. The molecule has 1 saturated heterocycles. The van der Waals surface area contributed by atoms with Gasteiger partial charge in [0.15, 0.2) is 0 Å². The molecule has 1 aliphatic heterocycles. The van der Waals surface area contributed by atoms with Crippen molar-refractivity contribution in [2.45, 2.75) is 44.9 Å². The van der Waals surface area contributed by atoms with Gasteiger partial charge >= 0.3 is 0 Å². The highest BCUT2D eigenvalue weighted by Gasteiger charge is 2.54. The fraction of sp³-hybridized carbons (Fsp3) is 1.00. The summed E-state index contributed by atoms with van der Waals surface area (Å²) in [5, 5.41) is 3.60. The van der Waals surface area contributed by atoms with Crippen molar-refractivity contribution >= 4 is 0 Å². The van der Waals surface area contributed by atoms with Gasteiger partial charge in [-0.25, -0.2) is 0 Å². The van der Waals surface area contributed by atoms with E-state index in [1.165, 1.54) is 19.5 Å². The molecule has 4 bridgehead atoms. The molecule has 0 aromatic heterocycles. The van der Waals surface area contributed by atoms with E-state index >= 15 is 0 Å². The average molecular weight is 205 g/mol. The van der Waals surface area contributed by atoms with Gasteiger partial charge in [0, 0.05) is 0 Å². The van der Waals surface area contributed by atoms with Crippen molar-refractivity contribution in [1.29, 1.82) is 0 Å². The molecule has 84 valence electrons. The van der Waals surface area contributed by atoms with Gasteiger partial charge in [0.2, 0.25) is 0 Å². The molecule has 0 spiro atoms. The summed E-state index contributed by atoms with van der Waals surface area (Å²) in [6.45, 7) is 2.64. The lowest BCUT2D eigenvalue weighted by Gasteiger charge is -2.59. The lowest BCUT2D eigenvalue weighted by molar-refractivity contribution is -0.0826. The molecule has 5 fully saturated rings. The molecule has 1 nitrogen and oxygen atoms in total. The molecule has 4 saturated carbocycles. The summed E-state index contributed by atoms with van der Waals surface area (Å²) in [5.41, 5.74) is 0.818. The monoisotopic (exact) mass is 205 g/mol. The van der Waals surface area contributed by atoms with Gasteiger partial charge in [0.05, 0.1) is 0 Å². The highest BCUT2D eigenvalue weighted by Crippen LogP contribution is 2.63. The topological polar surface area (TPSA) is 12.0 Å². The van der Waals surface area contributed by atoms with Gasteiger partial charge < -0.3 is 5.32 Å². The summed E-state index contributed by atoms with van der Waals surface area (Å²) in [6.07, 6.45) is 11.1. The zero-order valence-electron chi connectivity index (χ0n) is 9.67. The van der Waals surface area contributed by atoms with Crippen LogP contribution in [-0.2, 0) is 0 Å². The Bertz CT molecular complexity index is 229. The van der Waals surface area contributed by atoms with Crippen molar-refractivity contribution in [2.75, 3.05) is 13.1 Å². The third-order valence-electron chi connectivity index (χ3n) is 6.01. The first-order chi connectivity index (χ1) is 7.34. The Morgan fingerprint density at radius 3 is 1.93 bits per heavy atom. The molecule has 4 aliphatic carbocycles. The van der Waals surface area contributed by atoms with Crippen molar-refractivity contribution in [3.05, 3.63) is 0 Å². The van der Waals surface area contributed by atoms with Crippen molar-refractivity contribution in [2.24, 2.45) is 29.1 Å². The average Bonchev–Trinajstić information content (AvgIpc) is 2.67. The van der Waals surface area contributed by atoms with Crippen molar-refractivity contribution in [1.82, 2.24) is 5.32 Å². The smallest absolute Gasteiger partial charge is 0.00147 e. The van der Waals surface area contributed by atoms with E-state index in [9.17, 15) is 0 Å². The first kappa shape index (κ1) is 9.04. The van der Waals surface area contributed by atoms with Gasteiger partial charge in [-0.15, -0.1) is 0 Å². The number of rotatable bonds is 1. The minimum absolute atomic E-state index is 0.818. The largest absolute Gasteiger partial charge is 0.316 e. The number of nitrogens with one attached hydrogen (secondary N) is 1. The lowest BCUT2D eigenvalue weighted by atomic mass is 9.46. The minimum Gasteiger partial charge on any atom is -0.316 e. The van der Waals surface area contributed by atoms with E-state index in [1.54, 1.807) is 38.5 Å². The molecule has 1 unspecified atom stereocenters. The zero-order valence-corrected chi connectivity index (χ0v) is 9.67. The summed E-state index contributed by atoms with van der Waals surface area (Å²) in [6, 6.07) is 0. The van der Waals surface area contributed by atoms with Crippen LogP contribution in [0.3, 0.4) is 0 Å². The maximum Gasteiger partial charge on any atom is -0.00147 e. The Kier molecular flexibility index (Phi) is 1.81. The fourth-order valence-electron chi connectivity index (χ4n) is 5.85. The van der Waals surface area contributed by atoms with Crippen LogP contribution in [0.25, 0.3) is 0 Å². The van der Waals surface area contributed by atoms with Crippen molar-refractivity contribution < 1.29 is 0 Å². The van der Waals surface area contributed by atoms with E-state index in [1.807, 2.05) is 0 Å². The van der Waals surface area contributed by atoms with Crippen LogP contribution in [0.15, 0.2) is 0 Å². The third-order valence-corrected chi connectivity index (χ3v) is 6.01. The summed E-state index contributed by atoms with van der Waals surface area (Å²) in [7, 11) is 0.